The van der Waals surface area contributed by atoms with Crippen molar-refractivity contribution >= 4 is 34.9 Å². The Balaban J connectivity index is 1.65. The molecule has 6 heteroatoms. The highest BCUT2D eigenvalue weighted by molar-refractivity contribution is 6.32. The van der Waals surface area contributed by atoms with Gasteiger partial charge in [0.2, 0.25) is 0 Å². The van der Waals surface area contributed by atoms with Gasteiger partial charge < -0.3 is 14.4 Å². The first kappa shape index (κ1) is 16.0. The summed E-state index contributed by atoms with van der Waals surface area (Å²) in [6, 6.07) is 14.6. The van der Waals surface area contributed by atoms with E-state index in [2.05, 4.69) is 0 Å². The van der Waals surface area contributed by atoms with Crippen molar-refractivity contribution in [3.63, 3.8) is 0 Å². The molecule has 120 valence electrons. The number of benzene rings is 2. The highest BCUT2D eigenvalue weighted by Crippen LogP contribution is 2.25. The highest BCUT2D eigenvalue weighted by Gasteiger charge is 2.27. The zero-order chi connectivity index (χ0) is 16.2. The summed E-state index contributed by atoms with van der Waals surface area (Å²) in [7, 11) is 0. The summed E-state index contributed by atoms with van der Waals surface area (Å²) in [4.78, 5) is 13.8. The van der Waals surface area contributed by atoms with Crippen molar-refractivity contribution in [2.75, 3.05) is 24.6 Å². The number of nitrogens with zero attached hydrogens (tertiary/aromatic N) is 1. The van der Waals surface area contributed by atoms with Gasteiger partial charge in [-0.05, 0) is 36.4 Å². The second-order valence-electron chi connectivity index (χ2n) is 5.21. The molecule has 1 saturated heterocycles. The lowest BCUT2D eigenvalue weighted by atomic mass is 10.2. The molecule has 0 spiro atoms. The van der Waals surface area contributed by atoms with Crippen LogP contribution in [0.1, 0.15) is 0 Å². The molecule has 0 aliphatic carbocycles. The Morgan fingerprint density at radius 3 is 2.61 bits per heavy atom. The molecule has 1 atom stereocenters. The topological polar surface area (TPSA) is 38.8 Å². The zero-order valence-electron chi connectivity index (χ0n) is 12.2. The van der Waals surface area contributed by atoms with E-state index in [0.717, 1.165) is 5.69 Å². The van der Waals surface area contributed by atoms with Gasteiger partial charge in [0.05, 0.1) is 11.6 Å². The van der Waals surface area contributed by atoms with Crippen LogP contribution in [0.15, 0.2) is 48.5 Å². The summed E-state index contributed by atoms with van der Waals surface area (Å²) in [5, 5.41) is 1.19. The lowest BCUT2D eigenvalue weighted by Crippen LogP contribution is -2.47. The predicted octanol–water partition coefficient (Wildman–Crippen LogP) is 3.80. The van der Waals surface area contributed by atoms with Gasteiger partial charge in [0.1, 0.15) is 18.9 Å². The molecule has 23 heavy (non-hydrogen) atoms. The van der Waals surface area contributed by atoms with Gasteiger partial charge in [0, 0.05) is 10.7 Å². The monoisotopic (exact) mass is 351 g/mol. The SMILES string of the molecule is O=C1CN(c2ccc(Cl)cc2)CC(COc2ccccc2Cl)O1. The molecule has 0 radical (unpaired) electrons. The van der Waals surface area contributed by atoms with Crippen LogP contribution in [0.5, 0.6) is 5.75 Å². The fraction of sp³-hybridized carbons (Fsp3) is 0.235. The molecule has 0 saturated carbocycles. The molecule has 3 rings (SSSR count). The molecule has 0 bridgehead atoms. The molecule has 1 unspecified atom stereocenters. The van der Waals surface area contributed by atoms with Crippen molar-refractivity contribution < 1.29 is 14.3 Å². The predicted molar refractivity (Wildman–Crippen MR) is 90.5 cm³/mol. The summed E-state index contributed by atoms with van der Waals surface area (Å²) in [5.41, 5.74) is 0.925. The van der Waals surface area contributed by atoms with E-state index in [4.69, 9.17) is 32.7 Å². The van der Waals surface area contributed by atoms with Crippen molar-refractivity contribution in [2.24, 2.45) is 0 Å². The van der Waals surface area contributed by atoms with E-state index in [1.54, 1.807) is 24.3 Å². The molecule has 1 fully saturated rings. The smallest absolute Gasteiger partial charge is 0.326 e. The maximum Gasteiger partial charge on any atom is 0.326 e. The normalized spacial score (nSPS) is 17.7. The first-order chi connectivity index (χ1) is 11.1. The first-order valence-corrected chi connectivity index (χ1v) is 7.95. The molecule has 0 N–H and O–H groups in total. The Hall–Kier alpha value is -1.91. The number of esters is 1. The first-order valence-electron chi connectivity index (χ1n) is 7.19. The third kappa shape index (κ3) is 4.09. The number of anilines is 1. The van der Waals surface area contributed by atoms with Gasteiger partial charge in [-0.15, -0.1) is 0 Å². The van der Waals surface area contributed by atoms with E-state index >= 15 is 0 Å². The second-order valence-corrected chi connectivity index (χ2v) is 6.05. The number of hydrogen-bond donors (Lipinski definition) is 0. The quantitative estimate of drug-likeness (QED) is 0.785. The van der Waals surface area contributed by atoms with Crippen LogP contribution in [-0.4, -0.2) is 31.8 Å². The van der Waals surface area contributed by atoms with Crippen LogP contribution in [0.25, 0.3) is 0 Å². The average molecular weight is 352 g/mol. The maximum atomic E-state index is 11.8. The number of carbonyl (C=O) groups is 1. The van der Waals surface area contributed by atoms with Gasteiger partial charge >= 0.3 is 5.97 Å². The lowest BCUT2D eigenvalue weighted by Gasteiger charge is -2.33. The van der Waals surface area contributed by atoms with E-state index < -0.39 is 0 Å². The van der Waals surface area contributed by atoms with Crippen molar-refractivity contribution in [3.05, 3.63) is 58.6 Å². The molecule has 0 amide bonds. The van der Waals surface area contributed by atoms with Gasteiger partial charge in [0.25, 0.3) is 0 Å². The van der Waals surface area contributed by atoms with Crippen LogP contribution in [0.3, 0.4) is 0 Å². The molecule has 2 aromatic carbocycles. The summed E-state index contributed by atoms with van der Waals surface area (Å²) >= 11 is 12.0. The Morgan fingerprint density at radius 2 is 1.87 bits per heavy atom. The third-order valence-electron chi connectivity index (χ3n) is 3.50. The lowest BCUT2D eigenvalue weighted by molar-refractivity contribution is -0.151. The van der Waals surface area contributed by atoms with Crippen molar-refractivity contribution in [1.29, 1.82) is 0 Å². The standard InChI is InChI=1S/C17H15Cl2NO3/c18-12-5-7-13(8-6-12)20-9-14(23-17(21)10-20)11-22-16-4-2-1-3-15(16)19/h1-8,14H,9-11H2. The van der Waals surface area contributed by atoms with Crippen LogP contribution in [0, 0.1) is 0 Å². The number of hydrogen-bond acceptors (Lipinski definition) is 4. The molecule has 4 nitrogen and oxygen atoms in total. The summed E-state index contributed by atoms with van der Waals surface area (Å²) in [6.45, 7) is 1.02. The number of cyclic esters (lactones) is 1. The second kappa shape index (κ2) is 7.11. The number of para-hydroxylation sites is 1. The number of ether oxygens (including phenoxy) is 2. The fourth-order valence-corrected chi connectivity index (χ4v) is 2.72. The summed E-state index contributed by atoms with van der Waals surface area (Å²) in [6.07, 6.45) is -0.358. The minimum atomic E-state index is -0.358. The van der Waals surface area contributed by atoms with Gasteiger partial charge in [-0.3, -0.25) is 4.79 Å². The van der Waals surface area contributed by atoms with Crippen molar-refractivity contribution in [2.45, 2.75) is 6.10 Å². The van der Waals surface area contributed by atoms with E-state index in [0.29, 0.717) is 22.3 Å². The van der Waals surface area contributed by atoms with Crippen LogP contribution in [0.4, 0.5) is 5.69 Å². The van der Waals surface area contributed by atoms with Gasteiger partial charge in [0.15, 0.2) is 6.10 Å². The maximum absolute atomic E-state index is 11.8. The summed E-state index contributed by atoms with van der Waals surface area (Å²) in [5.74, 6) is 0.299. The Labute approximate surface area is 144 Å². The third-order valence-corrected chi connectivity index (χ3v) is 4.06. The number of carbonyl (C=O) groups excluding carboxylic acids is 1. The largest absolute Gasteiger partial charge is 0.488 e. The molecular formula is C17H15Cl2NO3. The van der Waals surface area contributed by atoms with Crippen LogP contribution < -0.4 is 9.64 Å². The van der Waals surface area contributed by atoms with E-state index in [9.17, 15) is 4.79 Å². The molecule has 1 aliphatic heterocycles. The number of halogens is 2. The van der Waals surface area contributed by atoms with Gasteiger partial charge in [-0.25, -0.2) is 0 Å². The van der Waals surface area contributed by atoms with E-state index in [1.165, 1.54) is 0 Å². The molecular weight excluding hydrogens is 337 g/mol. The van der Waals surface area contributed by atoms with Crippen molar-refractivity contribution in [3.8, 4) is 5.75 Å². The highest BCUT2D eigenvalue weighted by atomic mass is 35.5. The van der Waals surface area contributed by atoms with E-state index in [1.807, 2.05) is 29.2 Å². The Kier molecular flexibility index (Phi) is 4.94. The van der Waals surface area contributed by atoms with E-state index in [-0.39, 0.29) is 25.2 Å². The average Bonchev–Trinajstić information content (AvgIpc) is 2.54. The minimum Gasteiger partial charge on any atom is -0.488 e. The van der Waals surface area contributed by atoms with Crippen LogP contribution >= 0.6 is 23.2 Å². The fourth-order valence-electron chi connectivity index (χ4n) is 2.41. The minimum absolute atomic E-state index is 0.213. The van der Waals surface area contributed by atoms with Crippen LogP contribution in [-0.2, 0) is 9.53 Å². The molecule has 1 heterocycles. The molecule has 1 aliphatic rings. The zero-order valence-corrected chi connectivity index (χ0v) is 13.8. The van der Waals surface area contributed by atoms with Crippen LogP contribution in [0.2, 0.25) is 10.0 Å². The number of morpholine rings is 1. The van der Waals surface area contributed by atoms with Gasteiger partial charge in [-0.1, -0.05) is 35.3 Å². The number of rotatable bonds is 4. The van der Waals surface area contributed by atoms with Gasteiger partial charge in [-0.2, -0.15) is 0 Å². The Bertz CT molecular complexity index is 690. The summed E-state index contributed by atoms with van der Waals surface area (Å²) < 4.78 is 11.0. The van der Waals surface area contributed by atoms with Crippen molar-refractivity contribution in [1.82, 2.24) is 0 Å². The molecule has 2 aromatic rings. The molecule has 0 aromatic heterocycles. The Morgan fingerprint density at radius 1 is 1.13 bits per heavy atom.